The van der Waals surface area contributed by atoms with E-state index < -0.39 is 5.97 Å². The van der Waals surface area contributed by atoms with E-state index in [0.29, 0.717) is 6.61 Å². The van der Waals surface area contributed by atoms with Gasteiger partial charge in [-0.2, -0.15) is 0 Å². The van der Waals surface area contributed by atoms with Gasteiger partial charge in [-0.15, -0.1) is 0 Å². The molecule has 0 spiro atoms. The minimum absolute atomic E-state index is 0.0347. The molecular weight excluding hydrogens is 320 g/mol. The molecule has 0 aromatic rings. The number of hydrogen-bond acceptors (Lipinski definition) is 2. The number of rotatable bonds is 13. The predicted molar refractivity (Wildman–Crippen MR) is 89.6 cm³/mol. The second kappa shape index (κ2) is 21.2. The highest BCUT2D eigenvalue weighted by atomic mass is 79.9. The summed E-state index contributed by atoms with van der Waals surface area (Å²) in [5, 5.41) is 16.3. The smallest absolute Gasteiger partial charge is 0.314 e. The molecule has 0 aromatic carbocycles. The fourth-order valence-corrected chi connectivity index (χ4v) is 1.95. The Morgan fingerprint density at radius 2 is 1.10 bits per heavy atom. The normalized spacial score (nSPS) is 9.95. The van der Waals surface area contributed by atoms with Crippen LogP contribution >= 0.6 is 15.9 Å². The quantitative estimate of drug-likeness (QED) is 0.356. The van der Waals surface area contributed by atoms with Gasteiger partial charge >= 0.3 is 5.97 Å². The van der Waals surface area contributed by atoms with Crippen molar-refractivity contribution in [2.24, 2.45) is 0 Å². The van der Waals surface area contributed by atoms with Gasteiger partial charge in [-0.1, -0.05) is 93.5 Å². The molecule has 0 saturated heterocycles. The van der Waals surface area contributed by atoms with E-state index in [2.05, 4.69) is 22.9 Å². The largest absolute Gasteiger partial charge is 0.481 e. The molecule has 4 heteroatoms. The highest BCUT2D eigenvalue weighted by Gasteiger charge is 1.92. The van der Waals surface area contributed by atoms with Crippen molar-refractivity contribution in [2.75, 3.05) is 11.9 Å². The van der Waals surface area contributed by atoms with Gasteiger partial charge in [0.2, 0.25) is 0 Å². The van der Waals surface area contributed by atoms with Crippen LogP contribution in [0, 0.1) is 0 Å². The van der Waals surface area contributed by atoms with Crippen LogP contribution in [0.5, 0.6) is 0 Å². The van der Waals surface area contributed by atoms with E-state index in [9.17, 15) is 4.79 Å². The molecule has 0 amide bonds. The number of aliphatic hydroxyl groups excluding tert-OH is 1. The summed E-state index contributed by atoms with van der Waals surface area (Å²) in [4.78, 5) is 9.32. The zero-order valence-corrected chi connectivity index (χ0v) is 14.7. The van der Waals surface area contributed by atoms with Gasteiger partial charge in [-0.05, 0) is 6.42 Å². The lowest BCUT2D eigenvalue weighted by atomic mass is 10.1. The van der Waals surface area contributed by atoms with E-state index in [-0.39, 0.29) is 5.33 Å². The first kappa shape index (κ1) is 22.2. The molecule has 0 aromatic heterocycles. The summed E-state index contributed by atoms with van der Waals surface area (Å²) in [5.41, 5.74) is 0. The fourth-order valence-electron chi connectivity index (χ4n) is 1.95. The standard InChI is InChI=1S/C14H30O.C2H3BrO2/c1-2-3-4-5-6-7-8-9-10-11-12-13-14-15;3-1-2(4)5/h15H,2-14H2,1H3;1H2,(H,4,5). The summed E-state index contributed by atoms with van der Waals surface area (Å²) in [5.74, 6) is -0.829. The van der Waals surface area contributed by atoms with Crippen molar-refractivity contribution in [1.29, 1.82) is 0 Å². The highest BCUT2D eigenvalue weighted by Crippen LogP contribution is 2.11. The minimum Gasteiger partial charge on any atom is -0.481 e. The van der Waals surface area contributed by atoms with Crippen molar-refractivity contribution < 1.29 is 15.0 Å². The zero-order chi connectivity index (χ0) is 15.5. The van der Waals surface area contributed by atoms with E-state index >= 15 is 0 Å². The van der Waals surface area contributed by atoms with E-state index in [1.807, 2.05) is 0 Å². The first-order valence-corrected chi connectivity index (χ1v) is 9.19. The monoisotopic (exact) mass is 352 g/mol. The van der Waals surface area contributed by atoms with Crippen LogP contribution in [-0.2, 0) is 4.79 Å². The molecular formula is C16H33BrO3. The third-order valence-electron chi connectivity index (χ3n) is 3.13. The number of hydrogen-bond donors (Lipinski definition) is 2. The molecule has 122 valence electrons. The van der Waals surface area contributed by atoms with Gasteiger partial charge < -0.3 is 10.2 Å². The third kappa shape index (κ3) is 26.5. The molecule has 2 N–H and O–H groups in total. The van der Waals surface area contributed by atoms with Crippen molar-refractivity contribution in [1.82, 2.24) is 0 Å². The van der Waals surface area contributed by atoms with Crippen LogP contribution in [-0.4, -0.2) is 28.1 Å². The summed E-state index contributed by atoms with van der Waals surface area (Å²) in [7, 11) is 0. The summed E-state index contributed by atoms with van der Waals surface area (Å²) < 4.78 is 0. The van der Waals surface area contributed by atoms with Crippen LogP contribution in [0.4, 0.5) is 0 Å². The van der Waals surface area contributed by atoms with Crippen molar-refractivity contribution >= 4 is 21.9 Å². The Balaban J connectivity index is 0. The number of carboxylic acids is 1. The number of alkyl halides is 1. The van der Waals surface area contributed by atoms with Gasteiger partial charge in [0.15, 0.2) is 0 Å². The lowest BCUT2D eigenvalue weighted by molar-refractivity contribution is -0.133. The molecule has 0 aliphatic rings. The number of carboxylic acid groups (broad SMARTS) is 1. The first-order chi connectivity index (χ1) is 9.68. The number of unbranched alkanes of at least 4 members (excludes halogenated alkanes) is 11. The molecule has 0 rings (SSSR count). The van der Waals surface area contributed by atoms with E-state index in [0.717, 1.165) is 6.42 Å². The molecule has 0 aliphatic heterocycles. The van der Waals surface area contributed by atoms with Crippen molar-refractivity contribution in [3.63, 3.8) is 0 Å². The average Bonchev–Trinajstić information content (AvgIpc) is 2.45. The van der Waals surface area contributed by atoms with E-state index in [1.54, 1.807) is 0 Å². The number of aliphatic carboxylic acids is 1. The third-order valence-corrected chi connectivity index (χ3v) is 3.61. The Kier molecular flexibility index (Phi) is 23.5. The number of halogens is 1. The Morgan fingerprint density at radius 3 is 1.35 bits per heavy atom. The number of carbonyl (C=O) groups is 1. The Morgan fingerprint density at radius 1 is 0.800 bits per heavy atom. The lowest BCUT2D eigenvalue weighted by Crippen LogP contribution is -1.92. The highest BCUT2D eigenvalue weighted by molar-refractivity contribution is 9.09. The topological polar surface area (TPSA) is 57.5 Å². The zero-order valence-electron chi connectivity index (χ0n) is 13.1. The van der Waals surface area contributed by atoms with Crippen molar-refractivity contribution in [2.45, 2.75) is 84.0 Å². The Hall–Kier alpha value is -0.0900. The second-order valence-corrected chi connectivity index (χ2v) is 5.70. The molecule has 0 aliphatic carbocycles. The fraction of sp³-hybridized carbons (Fsp3) is 0.938. The lowest BCUT2D eigenvalue weighted by Gasteiger charge is -2.01. The molecule has 0 bridgehead atoms. The molecule has 20 heavy (non-hydrogen) atoms. The maximum Gasteiger partial charge on any atom is 0.314 e. The van der Waals surface area contributed by atoms with Crippen LogP contribution in [0.15, 0.2) is 0 Å². The summed E-state index contributed by atoms with van der Waals surface area (Å²) >= 11 is 2.71. The Labute approximate surface area is 133 Å². The summed E-state index contributed by atoms with van der Waals surface area (Å²) in [6.45, 7) is 2.64. The average molecular weight is 353 g/mol. The molecule has 3 nitrogen and oxygen atoms in total. The van der Waals surface area contributed by atoms with Crippen LogP contribution in [0.2, 0.25) is 0 Å². The predicted octanol–water partition coefficient (Wildman–Crippen LogP) is 5.15. The SMILES string of the molecule is CCCCCCCCCCCCCCO.O=C(O)CBr. The van der Waals surface area contributed by atoms with Gasteiger partial charge in [0, 0.05) is 6.61 Å². The van der Waals surface area contributed by atoms with E-state index in [4.69, 9.17) is 10.2 Å². The van der Waals surface area contributed by atoms with Gasteiger partial charge in [0.1, 0.15) is 5.33 Å². The van der Waals surface area contributed by atoms with Crippen LogP contribution in [0.25, 0.3) is 0 Å². The van der Waals surface area contributed by atoms with Gasteiger partial charge in [-0.25, -0.2) is 0 Å². The summed E-state index contributed by atoms with van der Waals surface area (Å²) in [6, 6.07) is 0. The summed E-state index contributed by atoms with van der Waals surface area (Å²) in [6.07, 6.45) is 16.2. The molecule has 0 unspecified atom stereocenters. The van der Waals surface area contributed by atoms with E-state index in [1.165, 1.54) is 70.6 Å². The molecule has 0 atom stereocenters. The number of aliphatic hydroxyl groups is 1. The van der Waals surface area contributed by atoms with Gasteiger partial charge in [0.05, 0.1) is 0 Å². The van der Waals surface area contributed by atoms with Gasteiger partial charge in [-0.3, -0.25) is 4.79 Å². The second-order valence-electron chi connectivity index (χ2n) is 5.14. The molecule has 0 fully saturated rings. The first-order valence-electron chi connectivity index (χ1n) is 8.07. The molecule has 0 radical (unpaired) electrons. The molecule has 0 saturated carbocycles. The van der Waals surface area contributed by atoms with Gasteiger partial charge in [0.25, 0.3) is 0 Å². The van der Waals surface area contributed by atoms with Crippen molar-refractivity contribution in [3.05, 3.63) is 0 Å². The maximum atomic E-state index is 9.32. The van der Waals surface area contributed by atoms with Crippen LogP contribution in [0.3, 0.4) is 0 Å². The van der Waals surface area contributed by atoms with Crippen molar-refractivity contribution in [3.8, 4) is 0 Å². The molecule has 0 heterocycles. The Bertz CT molecular complexity index is 175. The minimum atomic E-state index is -0.829. The maximum absolute atomic E-state index is 9.32. The van der Waals surface area contributed by atoms with Crippen LogP contribution in [0.1, 0.15) is 84.0 Å². The van der Waals surface area contributed by atoms with Crippen LogP contribution < -0.4 is 0 Å².